The lowest BCUT2D eigenvalue weighted by Crippen LogP contribution is -2.24. The predicted octanol–water partition coefficient (Wildman–Crippen LogP) is 2.61. The van der Waals surface area contributed by atoms with Crippen LogP contribution in [-0.4, -0.2) is 31.3 Å². The molecule has 0 spiro atoms. The molecule has 1 rings (SSSR count). The van der Waals surface area contributed by atoms with Crippen LogP contribution < -0.4 is 0 Å². The minimum absolute atomic E-state index is 0.0262. The number of benzene rings is 1. The molecule has 3 heteroatoms. The SMILES string of the molecule is CC(CN(C)C)C(=O)/C=C/c1ccc(F)cc1. The predicted molar refractivity (Wildman–Crippen MR) is 68.2 cm³/mol. The van der Waals surface area contributed by atoms with Crippen molar-refractivity contribution >= 4 is 11.9 Å². The maximum Gasteiger partial charge on any atom is 0.159 e. The third kappa shape index (κ3) is 4.91. The Morgan fingerprint density at radius 2 is 1.94 bits per heavy atom. The number of carbonyl (C=O) groups excluding carboxylic acids is 1. The summed E-state index contributed by atoms with van der Waals surface area (Å²) < 4.78 is 12.7. The summed E-state index contributed by atoms with van der Waals surface area (Å²) in [5, 5.41) is 0. The van der Waals surface area contributed by atoms with Crippen molar-refractivity contribution in [2.45, 2.75) is 6.92 Å². The largest absolute Gasteiger partial charge is 0.309 e. The van der Waals surface area contributed by atoms with E-state index in [1.807, 2.05) is 25.9 Å². The fourth-order valence-electron chi connectivity index (χ4n) is 1.55. The average Bonchev–Trinajstić information content (AvgIpc) is 2.27. The van der Waals surface area contributed by atoms with Crippen molar-refractivity contribution in [3.8, 4) is 0 Å². The van der Waals surface area contributed by atoms with E-state index >= 15 is 0 Å². The fourth-order valence-corrected chi connectivity index (χ4v) is 1.55. The first-order valence-electron chi connectivity index (χ1n) is 5.61. The van der Waals surface area contributed by atoms with E-state index in [4.69, 9.17) is 0 Å². The normalized spacial score (nSPS) is 13.2. The molecule has 0 aliphatic rings. The van der Waals surface area contributed by atoms with Crippen molar-refractivity contribution in [2.75, 3.05) is 20.6 Å². The van der Waals surface area contributed by atoms with Crippen molar-refractivity contribution in [2.24, 2.45) is 5.92 Å². The van der Waals surface area contributed by atoms with Gasteiger partial charge in [0.25, 0.3) is 0 Å². The Bertz CT molecular complexity index is 395. The highest BCUT2D eigenvalue weighted by molar-refractivity contribution is 5.95. The van der Waals surface area contributed by atoms with Crippen molar-refractivity contribution in [1.82, 2.24) is 4.90 Å². The molecule has 0 radical (unpaired) electrons. The number of hydrogen-bond acceptors (Lipinski definition) is 2. The average molecular weight is 235 g/mol. The van der Waals surface area contributed by atoms with Gasteiger partial charge < -0.3 is 4.90 Å². The Morgan fingerprint density at radius 1 is 1.35 bits per heavy atom. The summed E-state index contributed by atoms with van der Waals surface area (Å²) in [5.41, 5.74) is 0.830. The molecule has 1 aromatic rings. The summed E-state index contributed by atoms with van der Waals surface area (Å²) in [7, 11) is 3.88. The smallest absolute Gasteiger partial charge is 0.159 e. The number of rotatable bonds is 5. The van der Waals surface area contributed by atoms with Gasteiger partial charge in [-0.1, -0.05) is 25.1 Å². The zero-order valence-corrected chi connectivity index (χ0v) is 10.5. The van der Waals surface area contributed by atoms with E-state index in [0.717, 1.165) is 12.1 Å². The highest BCUT2D eigenvalue weighted by Crippen LogP contribution is 2.06. The Morgan fingerprint density at radius 3 is 2.47 bits per heavy atom. The van der Waals surface area contributed by atoms with E-state index in [-0.39, 0.29) is 17.5 Å². The maximum atomic E-state index is 12.7. The van der Waals surface area contributed by atoms with Gasteiger partial charge in [0.1, 0.15) is 5.82 Å². The summed E-state index contributed by atoms with van der Waals surface area (Å²) in [6.45, 7) is 2.63. The topological polar surface area (TPSA) is 20.3 Å². The van der Waals surface area contributed by atoms with Gasteiger partial charge in [0.05, 0.1) is 0 Å². The molecule has 0 fully saturated rings. The Hall–Kier alpha value is -1.48. The van der Waals surface area contributed by atoms with Crippen LogP contribution in [0.1, 0.15) is 12.5 Å². The number of hydrogen-bond donors (Lipinski definition) is 0. The lowest BCUT2D eigenvalue weighted by Gasteiger charge is -2.13. The second-order valence-corrected chi connectivity index (χ2v) is 4.45. The fraction of sp³-hybridized carbons (Fsp3) is 0.357. The lowest BCUT2D eigenvalue weighted by molar-refractivity contribution is -0.118. The molecule has 0 aliphatic heterocycles. The van der Waals surface area contributed by atoms with Gasteiger partial charge in [-0.05, 0) is 37.9 Å². The van der Waals surface area contributed by atoms with E-state index in [9.17, 15) is 9.18 Å². The molecule has 1 unspecified atom stereocenters. The first kappa shape index (κ1) is 13.6. The van der Waals surface area contributed by atoms with Gasteiger partial charge in [-0.2, -0.15) is 0 Å². The first-order valence-corrected chi connectivity index (χ1v) is 5.61. The zero-order valence-electron chi connectivity index (χ0n) is 10.5. The lowest BCUT2D eigenvalue weighted by atomic mass is 10.0. The molecule has 0 bridgehead atoms. The number of halogens is 1. The standard InChI is InChI=1S/C14H18FNO/c1-11(10-16(2)3)14(17)9-6-12-4-7-13(15)8-5-12/h4-9,11H,10H2,1-3H3/b9-6+. The van der Waals surface area contributed by atoms with Crippen LogP contribution in [0.3, 0.4) is 0 Å². The Labute approximate surface area is 102 Å². The van der Waals surface area contributed by atoms with Crippen LogP contribution in [0.2, 0.25) is 0 Å². The van der Waals surface area contributed by atoms with Gasteiger partial charge in [-0.15, -0.1) is 0 Å². The quantitative estimate of drug-likeness (QED) is 0.731. The molecule has 0 saturated carbocycles. The molecule has 1 aromatic carbocycles. The molecule has 1 atom stereocenters. The molecular weight excluding hydrogens is 217 g/mol. The van der Waals surface area contributed by atoms with E-state index in [1.165, 1.54) is 12.1 Å². The van der Waals surface area contributed by atoms with Crippen LogP contribution >= 0.6 is 0 Å². The molecule has 0 aliphatic carbocycles. The van der Waals surface area contributed by atoms with E-state index < -0.39 is 0 Å². The van der Waals surface area contributed by atoms with Gasteiger partial charge >= 0.3 is 0 Å². The molecule has 0 N–H and O–H groups in total. The van der Waals surface area contributed by atoms with Gasteiger partial charge in [-0.3, -0.25) is 4.79 Å². The summed E-state index contributed by atoms with van der Waals surface area (Å²) in [6.07, 6.45) is 3.27. The highest BCUT2D eigenvalue weighted by atomic mass is 19.1. The molecule has 0 heterocycles. The zero-order chi connectivity index (χ0) is 12.8. The van der Waals surface area contributed by atoms with Gasteiger partial charge in [0.2, 0.25) is 0 Å². The summed E-state index contributed by atoms with van der Waals surface area (Å²) in [6, 6.07) is 6.06. The van der Waals surface area contributed by atoms with Crippen molar-refractivity contribution < 1.29 is 9.18 Å². The molecule has 0 amide bonds. The summed E-state index contributed by atoms with van der Waals surface area (Å²) >= 11 is 0. The number of ketones is 1. The molecule has 92 valence electrons. The minimum Gasteiger partial charge on any atom is -0.309 e. The molecule has 0 aromatic heterocycles. The van der Waals surface area contributed by atoms with Crippen molar-refractivity contribution in [1.29, 1.82) is 0 Å². The maximum absolute atomic E-state index is 12.7. The van der Waals surface area contributed by atoms with Crippen LogP contribution in [-0.2, 0) is 4.79 Å². The number of allylic oxidation sites excluding steroid dienone is 1. The van der Waals surface area contributed by atoms with Crippen molar-refractivity contribution in [3.05, 3.63) is 41.7 Å². The second-order valence-electron chi connectivity index (χ2n) is 4.45. The van der Waals surface area contributed by atoms with Gasteiger partial charge in [0.15, 0.2) is 5.78 Å². The molecule has 2 nitrogen and oxygen atoms in total. The Kier molecular flexibility index (Phi) is 5.04. The van der Waals surface area contributed by atoms with E-state index in [1.54, 1.807) is 24.3 Å². The summed E-state index contributed by atoms with van der Waals surface area (Å²) in [4.78, 5) is 13.7. The third-order valence-electron chi connectivity index (χ3n) is 2.43. The number of nitrogens with zero attached hydrogens (tertiary/aromatic N) is 1. The van der Waals surface area contributed by atoms with Crippen LogP contribution in [0.15, 0.2) is 30.3 Å². The van der Waals surface area contributed by atoms with E-state index in [2.05, 4.69) is 0 Å². The summed E-state index contributed by atoms with van der Waals surface area (Å²) in [5.74, 6) is -0.209. The van der Waals surface area contributed by atoms with Crippen LogP contribution in [0.25, 0.3) is 6.08 Å². The van der Waals surface area contributed by atoms with Crippen molar-refractivity contribution in [3.63, 3.8) is 0 Å². The molecule has 17 heavy (non-hydrogen) atoms. The van der Waals surface area contributed by atoms with Crippen LogP contribution in [0, 0.1) is 11.7 Å². The highest BCUT2D eigenvalue weighted by Gasteiger charge is 2.10. The first-order chi connectivity index (χ1) is 7.99. The monoisotopic (exact) mass is 235 g/mol. The Balaban J connectivity index is 2.58. The third-order valence-corrected chi connectivity index (χ3v) is 2.43. The second kappa shape index (κ2) is 6.30. The molecule has 0 saturated heterocycles. The van der Waals surface area contributed by atoms with E-state index in [0.29, 0.717) is 0 Å². The number of carbonyl (C=O) groups is 1. The van der Waals surface area contributed by atoms with Crippen LogP contribution in [0.5, 0.6) is 0 Å². The van der Waals surface area contributed by atoms with Gasteiger partial charge in [-0.25, -0.2) is 4.39 Å². The molecular formula is C14H18FNO. The van der Waals surface area contributed by atoms with Crippen LogP contribution in [0.4, 0.5) is 4.39 Å². The minimum atomic E-state index is -0.269. The van der Waals surface area contributed by atoms with Gasteiger partial charge in [0, 0.05) is 12.5 Å².